The first-order chi connectivity index (χ1) is 7.14. The Kier molecular flexibility index (Phi) is 5.15. The van der Waals surface area contributed by atoms with Crippen molar-refractivity contribution in [3.05, 3.63) is 30.3 Å². The smallest absolute Gasteiger partial charge is 0.0265 e. The van der Waals surface area contributed by atoms with Crippen molar-refractivity contribution in [1.29, 1.82) is 0 Å². The van der Waals surface area contributed by atoms with Crippen molar-refractivity contribution >= 4 is 11.8 Å². The van der Waals surface area contributed by atoms with Crippen LogP contribution in [0, 0.1) is 0 Å². The summed E-state index contributed by atoms with van der Waals surface area (Å²) >= 11 is 1.90. The zero-order valence-corrected chi connectivity index (χ0v) is 10.3. The minimum atomic E-state index is 0.0528. The quantitative estimate of drug-likeness (QED) is 0.338. The van der Waals surface area contributed by atoms with Crippen LogP contribution in [0.25, 0.3) is 0 Å². The molecule has 0 radical (unpaired) electrons. The summed E-state index contributed by atoms with van der Waals surface area (Å²) in [5, 5.41) is 0. The molecule has 0 spiro atoms. The molecule has 0 atom stereocenters. The highest BCUT2D eigenvalue weighted by molar-refractivity contribution is 7.99. The van der Waals surface area contributed by atoms with E-state index in [-0.39, 0.29) is 5.54 Å². The van der Waals surface area contributed by atoms with Crippen LogP contribution >= 0.6 is 11.8 Å². The van der Waals surface area contributed by atoms with E-state index < -0.39 is 0 Å². The second kappa shape index (κ2) is 6.16. The molecule has 0 heterocycles. The number of nitrogens with two attached hydrogens (primary N) is 1. The molecule has 3 N–H and O–H groups in total. The SMILES string of the molecule is CC(C)(CCCSc1ccccc1)NN. The number of hydrazine groups is 1. The van der Waals surface area contributed by atoms with Gasteiger partial charge in [0.25, 0.3) is 0 Å². The van der Waals surface area contributed by atoms with Crippen LogP contribution in [-0.2, 0) is 0 Å². The minimum Gasteiger partial charge on any atom is -0.271 e. The molecule has 0 aliphatic heterocycles. The zero-order chi connectivity index (χ0) is 11.1. The van der Waals surface area contributed by atoms with E-state index in [2.05, 4.69) is 43.5 Å². The Balaban J connectivity index is 2.18. The summed E-state index contributed by atoms with van der Waals surface area (Å²) in [5.41, 5.74) is 2.88. The molecular formula is C12H20N2S. The van der Waals surface area contributed by atoms with Gasteiger partial charge in [0.2, 0.25) is 0 Å². The average Bonchev–Trinajstić information content (AvgIpc) is 2.26. The van der Waals surface area contributed by atoms with Crippen molar-refractivity contribution in [3.8, 4) is 0 Å². The number of hydrogen-bond donors (Lipinski definition) is 2. The van der Waals surface area contributed by atoms with Gasteiger partial charge in [-0.15, -0.1) is 11.8 Å². The lowest BCUT2D eigenvalue weighted by molar-refractivity contribution is 0.367. The number of nitrogens with one attached hydrogen (secondary N) is 1. The van der Waals surface area contributed by atoms with Crippen LogP contribution in [-0.4, -0.2) is 11.3 Å². The zero-order valence-electron chi connectivity index (χ0n) is 9.49. The first kappa shape index (κ1) is 12.6. The van der Waals surface area contributed by atoms with Crippen molar-refractivity contribution in [2.24, 2.45) is 5.84 Å². The summed E-state index contributed by atoms with van der Waals surface area (Å²) < 4.78 is 0. The Morgan fingerprint density at radius 2 is 1.93 bits per heavy atom. The van der Waals surface area contributed by atoms with Gasteiger partial charge in [-0.3, -0.25) is 11.3 Å². The summed E-state index contributed by atoms with van der Waals surface area (Å²) in [6.07, 6.45) is 2.28. The Hall–Kier alpha value is -0.510. The Morgan fingerprint density at radius 1 is 1.27 bits per heavy atom. The van der Waals surface area contributed by atoms with Crippen LogP contribution in [0.1, 0.15) is 26.7 Å². The van der Waals surface area contributed by atoms with Gasteiger partial charge in [-0.05, 0) is 44.6 Å². The van der Waals surface area contributed by atoms with Crippen LogP contribution in [0.3, 0.4) is 0 Å². The van der Waals surface area contributed by atoms with Gasteiger partial charge in [0.15, 0.2) is 0 Å². The maximum absolute atomic E-state index is 5.44. The van der Waals surface area contributed by atoms with Crippen LogP contribution in [0.2, 0.25) is 0 Å². The van der Waals surface area contributed by atoms with Gasteiger partial charge in [-0.2, -0.15) is 0 Å². The van der Waals surface area contributed by atoms with Gasteiger partial charge in [-0.25, -0.2) is 0 Å². The van der Waals surface area contributed by atoms with E-state index in [0.29, 0.717) is 0 Å². The van der Waals surface area contributed by atoms with E-state index in [1.807, 2.05) is 17.8 Å². The van der Waals surface area contributed by atoms with Crippen LogP contribution in [0.4, 0.5) is 0 Å². The molecule has 1 aromatic carbocycles. The van der Waals surface area contributed by atoms with Gasteiger partial charge in [0.1, 0.15) is 0 Å². The first-order valence-corrected chi connectivity index (χ1v) is 6.28. The largest absolute Gasteiger partial charge is 0.271 e. The molecule has 3 heteroatoms. The Labute approximate surface area is 96.6 Å². The van der Waals surface area contributed by atoms with E-state index >= 15 is 0 Å². The molecule has 15 heavy (non-hydrogen) atoms. The normalized spacial score (nSPS) is 11.7. The molecule has 0 saturated heterocycles. The van der Waals surface area contributed by atoms with Crippen molar-refractivity contribution in [2.75, 3.05) is 5.75 Å². The standard InChI is InChI=1S/C12H20N2S/c1-12(2,14-13)9-6-10-15-11-7-4-3-5-8-11/h3-5,7-8,14H,6,9-10,13H2,1-2H3. The van der Waals surface area contributed by atoms with E-state index in [4.69, 9.17) is 5.84 Å². The second-order valence-corrected chi connectivity index (χ2v) is 5.46. The number of rotatable bonds is 6. The molecule has 1 rings (SSSR count). The summed E-state index contributed by atoms with van der Waals surface area (Å²) in [6, 6.07) is 10.5. The maximum Gasteiger partial charge on any atom is 0.0265 e. The maximum atomic E-state index is 5.44. The number of thioether (sulfide) groups is 1. The summed E-state index contributed by atoms with van der Waals surface area (Å²) in [4.78, 5) is 1.34. The average molecular weight is 224 g/mol. The molecule has 0 fully saturated rings. The fourth-order valence-corrected chi connectivity index (χ4v) is 2.17. The number of hydrogen-bond acceptors (Lipinski definition) is 3. The highest BCUT2D eigenvalue weighted by Crippen LogP contribution is 2.20. The molecular weight excluding hydrogens is 204 g/mol. The molecule has 0 saturated carbocycles. The first-order valence-electron chi connectivity index (χ1n) is 5.30. The summed E-state index contributed by atoms with van der Waals surface area (Å²) in [7, 11) is 0. The lowest BCUT2D eigenvalue weighted by atomic mass is 10.0. The molecule has 0 aliphatic carbocycles. The Bertz CT molecular complexity index is 272. The van der Waals surface area contributed by atoms with Crippen LogP contribution in [0.5, 0.6) is 0 Å². The lowest BCUT2D eigenvalue weighted by Crippen LogP contribution is -2.44. The minimum absolute atomic E-state index is 0.0528. The van der Waals surface area contributed by atoms with Gasteiger partial charge in [-0.1, -0.05) is 18.2 Å². The molecule has 0 bridgehead atoms. The molecule has 84 valence electrons. The second-order valence-electron chi connectivity index (χ2n) is 4.29. The molecule has 0 aliphatic rings. The predicted molar refractivity (Wildman–Crippen MR) is 67.8 cm³/mol. The fraction of sp³-hybridized carbons (Fsp3) is 0.500. The monoisotopic (exact) mass is 224 g/mol. The molecule has 2 nitrogen and oxygen atoms in total. The Morgan fingerprint density at radius 3 is 2.53 bits per heavy atom. The highest BCUT2D eigenvalue weighted by atomic mass is 32.2. The highest BCUT2D eigenvalue weighted by Gasteiger charge is 2.13. The third-order valence-corrected chi connectivity index (χ3v) is 3.45. The molecule has 0 amide bonds. The van der Waals surface area contributed by atoms with E-state index in [1.54, 1.807) is 0 Å². The van der Waals surface area contributed by atoms with Crippen LogP contribution < -0.4 is 11.3 Å². The van der Waals surface area contributed by atoms with Gasteiger partial charge in [0, 0.05) is 10.4 Å². The topological polar surface area (TPSA) is 38.0 Å². The molecule has 0 aromatic heterocycles. The van der Waals surface area contributed by atoms with E-state index in [1.165, 1.54) is 11.3 Å². The number of benzene rings is 1. The van der Waals surface area contributed by atoms with Crippen molar-refractivity contribution in [2.45, 2.75) is 37.1 Å². The lowest BCUT2D eigenvalue weighted by Gasteiger charge is -2.22. The van der Waals surface area contributed by atoms with Crippen molar-refractivity contribution in [1.82, 2.24) is 5.43 Å². The molecule has 1 aromatic rings. The van der Waals surface area contributed by atoms with Gasteiger partial charge in [0.05, 0.1) is 0 Å². The van der Waals surface area contributed by atoms with Gasteiger partial charge >= 0.3 is 0 Å². The van der Waals surface area contributed by atoms with E-state index in [9.17, 15) is 0 Å². The van der Waals surface area contributed by atoms with Crippen LogP contribution in [0.15, 0.2) is 35.2 Å². The third kappa shape index (κ3) is 5.21. The summed E-state index contributed by atoms with van der Waals surface area (Å²) in [6.45, 7) is 4.25. The van der Waals surface area contributed by atoms with Gasteiger partial charge < -0.3 is 0 Å². The van der Waals surface area contributed by atoms with Crippen molar-refractivity contribution < 1.29 is 0 Å². The third-order valence-electron chi connectivity index (χ3n) is 2.35. The predicted octanol–water partition coefficient (Wildman–Crippen LogP) is 2.80. The fourth-order valence-electron chi connectivity index (χ4n) is 1.29. The summed E-state index contributed by atoms with van der Waals surface area (Å²) in [5.74, 6) is 6.59. The van der Waals surface area contributed by atoms with E-state index in [0.717, 1.165) is 12.2 Å². The van der Waals surface area contributed by atoms with Crippen molar-refractivity contribution in [3.63, 3.8) is 0 Å². The molecule has 0 unspecified atom stereocenters.